The molecule has 3 atom stereocenters. The Morgan fingerprint density at radius 2 is 1.80 bits per heavy atom. The second kappa shape index (κ2) is 12.5. The number of nitrogens with two attached hydrogens (primary N) is 1. The summed E-state index contributed by atoms with van der Waals surface area (Å²) in [5, 5.41) is 16.3. The third kappa shape index (κ3) is 5.79. The number of fused-ring (bicyclic) bond motifs is 2. The number of amides is 4. The third-order valence-corrected chi connectivity index (χ3v) is 8.40. The van der Waals surface area contributed by atoms with E-state index < -0.39 is 12.2 Å². The number of hydrazine groups is 2. The molecule has 0 aliphatic carbocycles. The number of rotatable bonds is 8. The van der Waals surface area contributed by atoms with Crippen LogP contribution in [0.5, 0.6) is 5.75 Å². The first-order chi connectivity index (χ1) is 21.3. The number of carbonyl (C=O) groups is 3. The molecule has 0 bridgehead atoms. The van der Waals surface area contributed by atoms with E-state index in [4.69, 9.17) is 5.73 Å². The Hall–Kier alpha value is -4.65. The van der Waals surface area contributed by atoms with Gasteiger partial charge in [0.1, 0.15) is 24.1 Å². The Labute approximate surface area is 256 Å². The predicted octanol–water partition coefficient (Wildman–Crippen LogP) is 2.24. The summed E-state index contributed by atoms with van der Waals surface area (Å²) in [4.78, 5) is 45.3. The van der Waals surface area contributed by atoms with Gasteiger partial charge in [0.25, 0.3) is 0 Å². The lowest BCUT2D eigenvalue weighted by atomic mass is 9.97. The third-order valence-electron chi connectivity index (χ3n) is 8.40. The maximum absolute atomic E-state index is 14.2. The van der Waals surface area contributed by atoms with E-state index in [0.29, 0.717) is 13.1 Å². The zero-order chi connectivity index (χ0) is 30.8. The van der Waals surface area contributed by atoms with Crippen LogP contribution in [0.25, 0.3) is 0 Å². The van der Waals surface area contributed by atoms with E-state index in [2.05, 4.69) is 16.2 Å². The summed E-state index contributed by atoms with van der Waals surface area (Å²) >= 11 is 0. The summed E-state index contributed by atoms with van der Waals surface area (Å²) in [7, 11) is 0. The van der Waals surface area contributed by atoms with Gasteiger partial charge in [0, 0.05) is 31.6 Å². The molecule has 3 aromatic carbocycles. The molecule has 0 radical (unpaired) electrons. The van der Waals surface area contributed by atoms with Crippen LogP contribution >= 0.6 is 0 Å². The number of urea groups is 1. The minimum Gasteiger partial charge on any atom is -0.508 e. The summed E-state index contributed by atoms with van der Waals surface area (Å²) in [6, 6.07) is 20.9. The fourth-order valence-electron chi connectivity index (χ4n) is 6.29. The van der Waals surface area contributed by atoms with Crippen molar-refractivity contribution in [2.24, 2.45) is 5.73 Å². The predicted molar refractivity (Wildman–Crippen MR) is 164 cm³/mol. The van der Waals surface area contributed by atoms with Crippen molar-refractivity contribution in [2.45, 2.75) is 51.2 Å². The van der Waals surface area contributed by atoms with Crippen molar-refractivity contribution in [1.29, 1.82) is 0 Å². The molecule has 3 aliphatic heterocycles. The maximum atomic E-state index is 14.2. The molecule has 2 fully saturated rings. The number of hydrogen-bond donors (Lipinski definition) is 5. The van der Waals surface area contributed by atoms with Gasteiger partial charge in [-0.1, -0.05) is 67.6 Å². The monoisotopic (exact) mass is 598 g/mol. The average Bonchev–Trinajstić information content (AvgIpc) is 3.41. The molecule has 6 rings (SSSR count). The van der Waals surface area contributed by atoms with Gasteiger partial charge in [0.15, 0.2) is 0 Å². The van der Waals surface area contributed by atoms with E-state index in [-0.39, 0.29) is 55.8 Å². The highest BCUT2D eigenvalue weighted by molar-refractivity contribution is 5.92. The Morgan fingerprint density at radius 3 is 2.55 bits per heavy atom. The summed E-state index contributed by atoms with van der Waals surface area (Å²) in [5.74, 6) is -0.292. The molecule has 4 amide bonds. The number of piperazine rings is 1. The van der Waals surface area contributed by atoms with Gasteiger partial charge in [-0.15, -0.1) is 0 Å². The van der Waals surface area contributed by atoms with Gasteiger partial charge in [-0.05, 0) is 35.2 Å². The first kappa shape index (κ1) is 29.4. The van der Waals surface area contributed by atoms with E-state index in [0.717, 1.165) is 34.4 Å². The van der Waals surface area contributed by atoms with Crippen LogP contribution in [0.3, 0.4) is 0 Å². The molecule has 3 aromatic rings. The Kier molecular flexibility index (Phi) is 8.38. The molecule has 12 nitrogen and oxygen atoms in total. The summed E-state index contributed by atoms with van der Waals surface area (Å²) < 4.78 is 0. The molecule has 0 saturated carbocycles. The maximum Gasteiger partial charge on any atom is 0.334 e. The number of benzene rings is 3. The zero-order valence-corrected chi connectivity index (χ0v) is 24.6. The van der Waals surface area contributed by atoms with Crippen LogP contribution in [0.2, 0.25) is 0 Å². The van der Waals surface area contributed by atoms with E-state index in [9.17, 15) is 19.5 Å². The van der Waals surface area contributed by atoms with Crippen molar-refractivity contribution in [2.75, 3.05) is 25.1 Å². The molecule has 0 aromatic heterocycles. The van der Waals surface area contributed by atoms with Crippen molar-refractivity contribution >= 4 is 23.5 Å². The molecule has 230 valence electrons. The van der Waals surface area contributed by atoms with Gasteiger partial charge in [0.05, 0.1) is 18.8 Å². The fourth-order valence-corrected chi connectivity index (χ4v) is 6.29. The highest BCUT2D eigenvalue weighted by atomic mass is 16.3. The van der Waals surface area contributed by atoms with E-state index in [1.54, 1.807) is 44.1 Å². The average molecular weight is 599 g/mol. The van der Waals surface area contributed by atoms with Gasteiger partial charge in [0.2, 0.25) is 11.8 Å². The Balaban J connectivity index is 1.35. The summed E-state index contributed by atoms with van der Waals surface area (Å²) in [5.41, 5.74) is 16.7. The zero-order valence-electron chi connectivity index (χ0n) is 24.6. The smallest absolute Gasteiger partial charge is 0.334 e. The number of phenols is 1. The number of nitrogens with zero attached hydrogens (tertiary/aromatic N) is 4. The highest BCUT2D eigenvalue weighted by Gasteiger charge is 2.51. The van der Waals surface area contributed by atoms with Crippen molar-refractivity contribution in [1.82, 2.24) is 30.6 Å². The number of phenolic OH excluding ortho intramolecular Hbond substituents is 1. The van der Waals surface area contributed by atoms with Crippen LogP contribution in [-0.2, 0) is 29.1 Å². The van der Waals surface area contributed by atoms with Crippen molar-refractivity contribution in [3.8, 4) is 5.75 Å². The van der Waals surface area contributed by atoms with Gasteiger partial charge >= 0.3 is 6.03 Å². The van der Waals surface area contributed by atoms with E-state index in [1.165, 1.54) is 0 Å². The molecule has 12 heteroatoms. The van der Waals surface area contributed by atoms with Crippen molar-refractivity contribution in [3.05, 3.63) is 95.1 Å². The second-order valence-electron chi connectivity index (χ2n) is 11.4. The molecular formula is C32H38N8O4. The van der Waals surface area contributed by atoms with Crippen LogP contribution < -0.4 is 21.9 Å². The van der Waals surface area contributed by atoms with Crippen molar-refractivity contribution < 1.29 is 19.5 Å². The second-order valence-corrected chi connectivity index (χ2v) is 11.4. The minimum absolute atomic E-state index is 0.0118. The number of hydrogen-bond acceptors (Lipinski definition) is 8. The van der Waals surface area contributed by atoms with Crippen LogP contribution in [-0.4, -0.2) is 74.6 Å². The van der Waals surface area contributed by atoms with E-state index >= 15 is 0 Å². The minimum atomic E-state index is -0.843. The number of carbonyl (C=O) groups excluding carboxylic acids is 3. The molecule has 44 heavy (non-hydrogen) atoms. The van der Waals surface area contributed by atoms with Crippen LogP contribution in [0.1, 0.15) is 41.8 Å². The molecule has 1 unspecified atom stereocenters. The van der Waals surface area contributed by atoms with Gasteiger partial charge < -0.3 is 31.4 Å². The molecular weight excluding hydrogens is 560 g/mol. The lowest BCUT2D eigenvalue weighted by Crippen LogP contribution is -2.76. The van der Waals surface area contributed by atoms with E-state index in [1.807, 2.05) is 55.5 Å². The SMILES string of the molecule is CCCN1CC(=O)N2[C@@H](Cc3ccc(O)cc3)C(=O)N(Cc3cccc4c3NNC4N)C[C@@H]2N1C(=O)NCc1ccccc1. The lowest BCUT2D eigenvalue weighted by molar-refractivity contribution is -0.190. The van der Waals surface area contributed by atoms with Crippen molar-refractivity contribution in [3.63, 3.8) is 0 Å². The molecule has 3 aliphatic rings. The molecule has 6 N–H and O–H groups in total. The highest BCUT2D eigenvalue weighted by Crippen LogP contribution is 2.33. The van der Waals surface area contributed by atoms with Gasteiger partial charge in [-0.25, -0.2) is 20.2 Å². The topological polar surface area (TPSA) is 147 Å². The summed E-state index contributed by atoms with van der Waals surface area (Å²) in [6.45, 7) is 3.22. The quantitative estimate of drug-likeness (QED) is 0.265. The first-order valence-electron chi connectivity index (χ1n) is 15.0. The first-order valence-corrected chi connectivity index (χ1v) is 15.0. The standard InChI is InChI=1S/C32H38N8O4/c1-2-15-38-20-28(42)39-26(16-21-11-13-24(41)14-12-21)31(43)37(18-23-9-6-10-25-29(23)35-36-30(25)33)19-27(39)40(38)32(44)34-17-22-7-4-3-5-8-22/h3-14,26-27,30,35-36,41H,2,15-20,33H2,1H3,(H,34,44)/t26-,27-,30?/m0/s1. The van der Waals surface area contributed by atoms with Crippen LogP contribution in [0, 0.1) is 0 Å². The normalized spacial score (nSPS) is 21.6. The number of para-hydroxylation sites is 1. The fraction of sp³-hybridized carbons (Fsp3) is 0.344. The number of aromatic hydroxyl groups is 1. The Morgan fingerprint density at radius 1 is 1.02 bits per heavy atom. The largest absolute Gasteiger partial charge is 0.508 e. The number of nitrogens with one attached hydrogen (secondary N) is 3. The Bertz CT molecular complexity index is 1520. The van der Waals surface area contributed by atoms with Crippen LogP contribution in [0.4, 0.5) is 10.5 Å². The van der Waals surface area contributed by atoms with Gasteiger partial charge in [-0.3, -0.25) is 9.59 Å². The van der Waals surface area contributed by atoms with Gasteiger partial charge in [-0.2, -0.15) is 0 Å². The molecule has 3 heterocycles. The number of anilines is 1. The summed E-state index contributed by atoms with van der Waals surface area (Å²) in [6.07, 6.45) is -0.120. The molecule has 2 saturated heterocycles. The lowest BCUT2D eigenvalue weighted by Gasteiger charge is -2.55. The van der Waals surface area contributed by atoms with Crippen LogP contribution in [0.15, 0.2) is 72.8 Å². The molecule has 0 spiro atoms.